The maximum absolute atomic E-state index is 11.9. The molecule has 8 nitrogen and oxygen atoms in total. The maximum Gasteiger partial charge on any atom is 0.326 e. The van der Waals surface area contributed by atoms with Crippen LogP contribution < -0.4 is 16.7 Å². The number of anilines is 1. The van der Waals surface area contributed by atoms with E-state index in [2.05, 4.69) is 20.5 Å². The van der Waals surface area contributed by atoms with Crippen LogP contribution in [0.5, 0.6) is 0 Å². The van der Waals surface area contributed by atoms with Gasteiger partial charge >= 0.3 is 5.69 Å². The van der Waals surface area contributed by atoms with Gasteiger partial charge in [0.15, 0.2) is 0 Å². The molecule has 0 atom stereocenters. The fraction of sp³-hybridized carbons (Fsp3) is 0.333. The quantitative estimate of drug-likeness (QED) is 0.549. The summed E-state index contributed by atoms with van der Waals surface area (Å²) in [5.74, 6) is -0.0797. The number of nitrogens with zero attached hydrogens (tertiary/aromatic N) is 3. The zero-order chi connectivity index (χ0) is 16.9. The van der Waals surface area contributed by atoms with E-state index in [9.17, 15) is 9.59 Å². The van der Waals surface area contributed by atoms with E-state index in [1.54, 1.807) is 4.57 Å². The van der Waals surface area contributed by atoms with Gasteiger partial charge in [-0.25, -0.2) is 4.79 Å². The predicted molar refractivity (Wildman–Crippen MR) is 92.8 cm³/mol. The first-order valence-corrected chi connectivity index (χ1v) is 8.47. The van der Waals surface area contributed by atoms with E-state index >= 15 is 0 Å². The Hall–Kier alpha value is -2.68. The van der Waals surface area contributed by atoms with Crippen LogP contribution in [0.1, 0.15) is 17.8 Å². The lowest BCUT2D eigenvalue weighted by atomic mass is 10.3. The normalized spacial score (nSPS) is 11.0. The Balaban J connectivity index is 1.45. The van der Waals surface area contributed by atoms with Crippen molar-refractivity contribution >= 4 is 33.4 Å². The molecular formula is C15H18N6O2S. The van der Waals surface area contributed by atoms with E-state index in [1.807, 2.05) is 24.3 Å². The third-order valence-electron chi connectivity index (χ3n) is 3.62. The van der Waals surface area contributed by atoms with E-state index in [1.165, 1.54) is 11.3 Å². The van der Waals surface area contributed by atoms with Crippen LogP contribution >= 0.6 is 11.3 Å². The van der Waals surface area contributed by atoms with Gasteiger partial charge in [-0.3, -0.25) is 9.36 Å². The highest BCUT2D eigenvalue weighted by molar-refractivity contribution is 7.15. The van der Waals surface area contributed by atoms with Crippen LogP contribution in [-0.4, -0.2) is 32.2 Å². The van der Waals surface area contributed by atoms with Gasteiger partial charge in [0.05, 0.1) is 11.0 Å². The summed E-state index contributed by atoms with van der Waals surface area (Å²) >= 11 is 1.36. The smallest absolute Gasteiger partial charge is 0.326 e. The number of hydrogen-bond acceptors (Lipinski definition) is 6. The third-order valence-corrected chi connectivity index (χ3v) is 4.43. The first-order chi connectivity index (χ1) is 11.6. The number of nitrogens with two attached hydrogens (primary N) is 1. The Morgan fingerprint density at radius 3 is 2.96 bits per heavy atom. The molecule has 24 heavy (non-hydrogen) atoms. The second kappa shape index (κ2) is 7.26. The van der Waals surface area contributed by atoms with Gasteiger partial charge in [-0.15, -0.1) is 10.2 Å². The van der Waals surface area contributed by atoms with Gasteiger partial charge in [0.25, 0.3) is 0 Å². The molecule has 0 fully saturated rings. The highest BCUT2D eigenvalue weighted by atomic mass is 32.1. The number of H-pyrrole nitrogens is 1. The average molecular weight is 346 g/mol. The van der Waals surface area contributed by atoms with Crippen LogP contribution in [-0.2, 0) is 17.8 Å². The van der Waals surface area contributed by atoms with Crippen molar-refractivity contribution in [3.05, 3.63) is 39.8 Å². The molecule has 0 saturated heterocycles. The molecule has 9 heteroatoms. The average Bonchev–Trinajstić information content (AvgIpc) is 3.12. The number of aromatic nitrogens is 4. The number of fused-ring (bicyclic) bond motifs is 1. The minimum Gasteiger partial charge on any atom is -0.374 e. The molecule has 0 aliphatic heterocycles. The number of nitrogens with one attached hydrogen (secondary N) is 2. The largest absolute Gasteiger partial charge is 0.374 e. The van der Waals surface area contributed by atoms with Crippen molar-refractivity contribution in [3.8, 4) is 0 Å². The second-order valence-corrected chi connectivity index (χ2v) is 6.43. The van der Waals surface area contributed by atoms with Gasteiger partial charge in [0, 0.05) is 25.9 Å². The summed E-state index contributed by atoms with van der Waals surface area (Å²) in [5, 5.41) is 11.9. The number of benzene rings is 1. The van der Waals surface area contributed by atoms with Crippen molar-refractivity contribution in [1.82, 2.24) is 25.1 Å². The lowest BCUT2D eigenvalue weighted by molar-refractivity contribution is -0.121. The topological polar surface area (TPSA) is 119 Å². The van der Waals surface area contributed by atoms with Crippen LogP contribution in [0, 0.1) is 0 Å². The third kappa shape index (κ3) is 3.80. The van der Waals surface area contributed by atoms with Crippen molar-refractivity contribution in [2.75, 3.05) is 12.3 Å². The Morgan fingerprint density at radius 2 is 2.17 bits per heavy atom. The number of carbonyl (C=O) groups is 1. The lowest BCUT2D eigenvalue weighted by Crippen LogP contribution is -2.27. The molecule has 0 spiro atoms. The van der Waals surface area contributed by atoms with Crippen molar-refractivity contribution in [3.63, 3.8) is 0 Å². The predicted octanol–water partition coefficient (Wildman–Crippen LogP) is 0.902. The fourth-order valence-electron chi connectivity index (χ4n) is 2.47. The summed E-state index contributed by atoms with van der Waals surface area (Å²) in [5.41, 5.74) is 6.90. The molecule has 0 aliphatic rings. The number of para-hydroxylation sites is 2. The molecule has 4 N–H and O–H groups in total. The van der Waals surface area contributed by atoms with Gasteiger partial charge in [0.2, 0.25) is 11.0 Å². The van der Waals surface area contributed by atoms with Gasteiger partial charge in [-0.1, -0.05) is 23.5 Å². The summed E-state index contributed by atoms with van der Waals surface area (Å²) in [6, 6.07) is 7.43. The highest BCUT2D eigenvalue weighted by Crippen LogP contribution is 2.12. The first kappa shape index (κ1) is 16.2. The monoisotopic (exact) mass is 346 g/mol. The molecule has 0 unspecified atom stereocenters. The second-order valence-electron chi connectivity index (χ2n) is 5.34. The van der Waals surface area contributed by atoms with E-state index < -0.39 is 0 Å². The Morgan fingerprint density at radius 1 is 1.33 bits per heavy atom. The SMILES string of the molecule is Nc1nnc(CCCNC(=O)CCn2c(=O)[nH]c3ccccc32)s1. The number of hydrogen-bond donors (Lipinski definition) is 3. The standard InChI is InChI=1S/C15H18N6O2S/c16-14-20-19-13(24-14)6-3-8-17-12(22)7-9-21-11-5-2-1-4-10(11)18-15(21)23/h1-2,4-5H,3,6-9H2,(H2,16,20)(H,17,22)(H,18,23). The molecule has 1 aromatic carbocycles. The molecule has 0 radical (unpaired) electrons. The Bertz CT molecular complexity index is 897. The lowest BCUT2D eigenvalue weighted by Gasteiger charge is -2.05. The molecule has 2 heterocycles. The van der Waals surface area contributed by atoms with Crippen molar-refractivity contribution in [2.24, 2.45) is 0 Å². The number of rotatable bonds is 7. The number of nitrogen functional groups attached to an aromatic ring is 1. The van der Waals surface area contributed by atoms with E-state index in [-0.39, 0.29) is 18.0 Å². The number of amides is 1. The minimum absolute atomic E-state index is 0.0797. The molecule has 3 aromatic rings. The van der Waals surface area contributed by atoms with Crippen molar-refractivity contribution in [2.45, 2.75) is 25.8 Å². The molecular weight excluding hydrogens is 328 g/mol. The van der Waals surface area contributed by atoms with Gasteiger partial charge in [-0.2, -0.15) is 0 Å². The van der Waals surface area contributed by atoms with Crippen LogP contribution in [0.3, 0.4) is 0 Å². The summed E-state index contributed by atoms with van der Waals surface area (Å²) < 4.78 is 1.58. The highest BCUT2D eigenvalue weighted by Gasteiger charge is 2.08. The first-order valence-electron chi connectivity index (χ1n) is 7.65. The molecule has 1 amide bonds. The van der Waals surface area contributed by atoms with Crippen molar-refractivity contribution in [1.29, 1.82) is 0 Å². The number of carbonyl (C=O) groups excluding carboxylic acids is 1. The van der Waals surface area contributed by atoms with Crippen LogP contribution in [0.2, 0.25) is 0 Å². The number of aromatic amines is 1. The van der Waals surface area contributed by atoms with E-state index in [0.29, 0.717) is 18.2 Å². The van der Waals surface area contributed by atoms with Crippen LogP contribution in [0.15, 0.2) is 29.1 Å². The Kier molecular flexibility index (Phi) is 4.90. The Labute approximate surface area is 141 Å². The molecule has 3 rings (SSSR count). The number of aryl methyl sites for hydroxylation is 2. The summed E-state index contributed by atoms with van der Waals surface area (Å²) in [6.45, 7) is 0.905. The maximum atomic E-state index is 11.9. The van der Waals surface area contributed by atoms with E-state index in [0.717, 1.165) is 28.9 Å². The van der Waals surface area contributed by atoms with Gasteiger partial charge < -0.3 is 16.0 Å². The summed E-state index contributed by atoms with van der Waals surface area (Å²) in [4.78, 5) is 26.6. The van der Waals surface area contributed by atoms with Gasteiger partial charge in [0.1, 0.15) is 5.01 Å². The zero-order valence-electron chi connectivity index (χ0n) is 13.0. The van der Waals surface area contributed by atoms with E-state index in [4.69, 9.17) is 5.73 Å². The molecule has 0 bridgehead atoms. The summed E-state index contributed by atoms with van der Waals surface area (Å²) in [7, 11) is 0. The molecule has 2 aromatic heterocycles. The molecule has 126 valence electrons. The summed E-state index contributed by atoms with van der Waals surface area (Å²) in [6.07, 6.45) is 1.76. The zero-order valence-corrected chi connectivity index (χ0v) is 13.8. The number of imidazole rings is 1. The molecule has 0 saturated carbocycles. The van der Waals surface area contributed by atoms with Crippen LogP contribution in [0.25, 0.3) is 11.0 Å². The van der Waals surface area contributed by atoms with Crippen LogP contribution in [0.4, 0.5) is 5.13 Å². The van der Waals surface area contributed by atoms with Gasteiger partial charge in [-0.05, 0) is 18.6 Å². The van der Waals surface area contributed by atoms with Crippen molar-refractivity contribution < 1.29 is 4.79 Å². The molecule has 0 aliphatic carbocycles. The fourth-order valence-corrected chi connectivity index (χ4v) is 3.12. The minimum atomic E-state index is -0.196.